The van der Waals surface area contributed by atoms with E-state index in [2.05, 4.69) is 5.32 Å². The third-order valence-electron chi connectivity index (χ3n) is 3.47. The van der Waals surface area contributed by atoms with Crippen LogP contribution in [-0.4, -0.2) is 25.7 Å². The molecule has 1 atom stereocenters. The first-order chi connectivity index (χ1) is 9.65. The van der Waals surface area contributed by atoms with Crippen molar-refractivity contribution in [2.24, 2.45) is 5.92 Å². The van der Waals surface area contributed by atoms with E-state index in [1.807, 2.05) is 0 Å². The van der Waals surface area contributed by atoms with Gasteiger partial charge in [0.05, 0.1) is 12.3 Å². The molecule has 0 radical (unpaired) electrons. The molecule has 1 amide bonds. The number of nitrogens with two attached hydrogens (primary N) is 1. The molecular weight excluding hydrogens is 279 g/mol. The number of anilines is 1. The summed E-state index contributed by atoms with van der Waals surface area (Å²) in [6.07, 6.45) is 0.966. The number of nitrogen functional groups attached to an aromatic ring is 1. The van der Waals surface area contributed by atoms with Gasteiger partial charge in [0.2, 0.25) is 0 Å². The number of hydrogen-bond donors (Lipinski definition) is 2. The molecule has 1 saturated heterocycles. The zero-order valence-corrected chi connectivity index (χ0v) is 11.6. The highest BCUT2D eigenvalue weighted by Crippen LogP contribution is 2.34. The normalized spacial score (nSPS) is 18.6. The highest BCUT2D eigenvalue weighted by atomic mass is 32.1. The van der Waals surface area contributed by atoms with E-state index in [-0.39, 0.29) is 11.7 Å². The van der Waals surface area contributed by atoms with Crippen LogP contribution >= 0.6 is 11.3 Å². The van der Waals surface area contributed by atoms with Crippen LogP contribution in [-0.2, 0) is 4.74 Å². The number of fused-ring (bicyclic) bond motifs is 1. The van der Waals surface area contributed by atoms with Gasteiger partial charge in [-0.15, -0.1) is 11.3 Å². The van der Waals surface area contributed by atoms with Crippen LogP contribution in [0.25, 0.3) is 10.1 Å². The minimum atomic E-state index is -0.350. The van der Waals surface area contributed by atoms with Gasteiger partial charge in [-0.3, -0.25) is 4.79 Å². The first-order valence-corrected chi connectivity index (χ1v) is 7.30. The molecule has 20 heavy (non-hydrogen) atoms. The summed E-state index contributed by atoms with van der Waals surface area (Å²) in [4.78, 5) is 12.6. The van der Waals surface area contributed by atoms with E-state index in [0.29, 0.717) is 35.0 Å². The number of carbonyl (C=O) groups is 1. The minimum Gasteiger partial charge on any atom is -0.397 e. The van der Waals surface area contributed by atoms with Crippen LogP contribution in [0.2, 0.25) is 0 Å². The van der Waals surface area contributed by atoms with Crippen molar-refractivity contribution in [2.45, 2.75) is 6.42 Å². The molecule has 1 aliphatic rings. The average Bonchev–Trinajstić information content (AvgIpc) is 3.05. The molecule has 1 fully saturated rings. The second-order valence-corrected chi connectivity index (χ2v) is 5.98. The Morgan fingerprint density at radius 3 is 3.15 bits per heavy atom. The lowest BCUT2D eigenvalue weighted by Gasteiger charge is -2.08. The first kappa shape index (κ1) is 13.3. The lowest BCUT2D eigenvalue weighted by molar-refractivity contribution is 0.0950. The molecule has 0 spiro atoms. The summed E-state index contributed by atoms with van der Waals surface area (Å²) in [6, 6.07) is 4.38. The molecule has 6 heteroatoms. The van der Waals surface area contributed by atoms with Crippen LogP contribution in [0.1, 0.15) is 16.1 Å². The Balaban J connectivity index is 1.78. The Morgan fingerprint density at radius 1 is 1.55 bits per heavy atom. The van der Waals surface area contributed by atoms with Crippen molar-refractivity contribution in [1.82, 2.24) is 5.32 Å². The summed E-state index contributed by atoms with van der Waals surface area (Å²) in [7, 11) is 0. The van der Waals surface area contributed by atoms with Gasteiger partial charge >= 0.3 is 0 Å². The van der Waals surface area contributed by atoms with Gasteiger partial charge in [-0.2, -0.15) is 0 Å². The Morgan fingerprint density at radius 2 is 2.40 bits per heavy atom. The molecule has 2 aromatic rings. The van der Waals surface area contributed by atoms with Gasteiger partial charge in [-0.25, -0.2) is 4.39 Å². The Kier molecular flexibility index (Phi) is 3.58. The van der Waals surface area contributed by atoms with Gasteiger partial charge in [-0.05, 0) is 24.6 Å². The number of ether oxygens (including phenoxy) is 1. The topological polar surface area (TPSA) is 64.4 Å². The highest BCUT2D eigenvalue weighted by molar-refractivity contribution is 7.21. The van der Waals surface area contributed by atoms with Crippen molar-refractivity contribution < 1.29 is 13.9 Å². The van der Waals surface area contributed by atoms with Crippen molar-refractivity contribution in [3.8, 4) is 0 Å². The second kappa shape index (κ2) is 5.38. The van der Waals surface area contributed by atoms with Gasteiger partial charge in [0, 0.05) is 29.2 Å². The van der Waals surface area contributed by atoms with E-state index in [4.69, 9.17) is 10.5 Å². The molecule has 0 saturated carbocycles. The predicted octanol–water partition coefficient (Wildman–Crippen LogP) is 2.39. The summed E-state index contributed by atoms with van der Waals surface area (Å²) in [5.74, 6) is -0.180. The van der Waals surface area contributed by atoms with E-state index in [1.54, 1.807) is 6.07 Å². The van der Waals surface area contributed by atoms with Crippen molar-refractivity contribution in [1.29, 1.82) is 0 Å². The van der Waals surface area contributed by atoms with Crippen molar-refractivity contribution >= 4 is 33.0 Å². The molecular formula is C14H15FN2O2S. The number of hydrogen-bond acceptors (Lipinski definition) is 4. The maximum atomic E-state index is 13.2. The third-order valence-corrected chi connectivity index (χ3v) is 4.66. The SMILES string of the molecule is Nc1c(C(=O)NCC2CCOC2)sc2ccc(F)cc12. The Hall–Kier alpha value is -1.66. The van der Waals surface area contributed by atoms with Crippen molar-refractivity contribution in [3.63, 3.8) is 0 Å². The molecule has 3 rings (SSSR count). The van der Waals surface area contributed by atoms with E-state index < -0.39 is 0 Å². The fourth-order valence-corrected chi connectivity index (χ4v) is 3.34. The van der Waals surface area contributed by atoms with Crippen LogP contribution < -0.4 is 11.1 Å². The molecule has 0 bridgehead atoms. The number of benzene rings is 1. The minimum absolute atomic E-state index is 0.198. The lowest BCUT2D eigenvalue weighted by Crippen LogP contribution is -2.29. The second-order valence-electron chi connectivity index (χ2n) is 4.92. The Bertz CT molecular complexity index is 650. The predicted molar refractivity (Wildman–Crippen MR) is 77.5 cm³/mol. The molecule has 1 aromatic heterocycles. The molecule has 1 aliphatic heterocycles. The number of rotatable bonds is 3. The fraction of sp³-hybridized carbons (Fsp3) is 0.357. The number of thiophene rings is 1. The number of halogens is 1. The molecule has 2 heterocycles. The van der Waals surface area contributed by atoms with Crippen LogP contribution in [0.15, 0.2) is 18.2 Å². The van der Waals surface area contributed by atoms with Crippen LogP contribution in [0.4, 0.5) is 10.1 Å². The van der Waals surface area contributed by atoms with Gasteiger partial charge in [0.25, 0.3) is 5.91 Å². The smallest absolute Gasteiger partial charge is 0.263 e. The summed E-state index contributed by atoms with van der Waals surface area (Å²) < 4.78 is 19.3. The molecule has 3 N–H and O–H groups in total. The van der Waals surface area contributed by atoms with E-state index >= 15 is 0 Å². The lowest BCUT2D eigenvalue weighted by atomic mass is 10.1. The maximum Gasteiger partial charge on any atom is 0.263 e. The number of carbonyl (C=O) groups excluding carboxylic acids is 1. The monoisotopic (exact) mass is 294 g/mol. The molecule has 4 nitrogen and oxygen atoms in total. The largest absolute Gasteiger partial charge is 0.397 e. The van der Waals surface area contributed by atoms with Gasteiger partial charge in [0.15, 0.2) is 0 Å². The van der Waals surface area contributed by atoms with Gasteiger partial charge in [-0.1, -0.05) is 0 Å². The number of nitrogens with one attached hydrogen (secondary N) is 1. The maximum absolute atomic E-state index is 13.2. The van der Waals surface area contributed by atoms with Gasteiger partial charge < -0.3 is 15.8 Å². The zero-order chi connectivity index (χ0) is 14.1. The Labute approximate surface area is 119 Å². The van der Waals surface area contributed by atoms with Crippen LogP contribution in [0.5, 0.6) is 0 Å². The summed E-state index contributed by atoms with van der Waals surface area (Å²) >= 11 is 1.29. The quantitative estimate of drug-likeness (QED) is 0.913. The van der Waals surface area contributed by atoms with Crippen molar-refractivity contribution in [2.75, 3.05) is 25.5 Å². The zero-order valence-electron chi connectivity index (χ0n) is 10.8. The summed E-state index contributed by atoms with van der Waals surface area (Å²) in [6.45, 7) is 2.03. The third kappa shape index (κ3) is 2.48. The van der Waals surface area contributed by atoms with E-state index in [9.17, 15) is 9.18 Å². The molecule has 0 aliphatic carbocycles. The summed E-state index contributed by atoms with van der Waals surface area (Å²) in [5, 5.41) is 3.48. The standard InChI is InChI=1S/C14H15FN2O2S/c15-9-1-2-11-10(5-9)12(16)13(20-11)14(18)17-6-8-3-4-19-7-8/h1-2,5,8H,3-4,6-7,16H2,(H,17,18). The van der Waals surface area contributed by atoms with Crippen LogP contribution in [0.3, 0.4) is 0 Å². The summed E-state index contributed by atoms with van der Waals surface area (Å²) in [5.41, 5.74) is 6.30. The fourth-order valence-electron chi connectivity index (χ4n) is 2.32. The molecule has 1 aromatic carbocycles. The first-order valence-electron chi connectivity index (χ1n) is 6.48. The van der Waals surface area contributed by atoms with Gasteiger partial charge in [0.1, 0.15) is 10.7 Å². The van der Waals surface area contributed by atoms with E-state index in [0.717, 1.165) is 17.7 Å². The molecule has 106 valence electrons. The highest BCUT2D eigenvalue weighted by Gasteiger charge is 2.20. The molecule has 1 unspecified atom stereocenters. The van der Waals surface area contributed by atoms with E-state index in [1.165, 1.54) is 23.5 Å². The van der Waals surface area contributed by atoms with Crippen LogP contribution in [0, 0.1) is 11.7 Å². The van der Waals surface area contributed by atoms with Crippen molar-refractivity contribution in [3.05, 3.63) is 28.9 Å². The average molecular weight is 294 g/mol. The number of amides is 1.